The smallest absolute Gasteiger partial charge is 0.341 e. The summed E-state index contributed by atoms with van der Waals surface area (Å²) in [5, 5.41) is 2.00. The zero-order chi connectivity index (χ0) is 11.9. The Morgan fingerprint density at radius 3 is 2.13 bits per heavy atom. The fraction of sp³-hybridized carbons (Fsp3) is 0.889. The van der Waals surface area contributed by atoms with E-state index in [1.165, 1.54) is 0 Å². The predicted octanol–water partition coefficient (Wildman–Crippen LogP) is 1.18. The summed E-state index contributed by atoms with van der Waals surface area (Å²) in [6.45, 7) is 3.38. The Labute approximate surface area is 86.2 Å². The maximum atomic E-state index is 12.5. The Bertz CT molecular complexity index is 259. The molecule has 0 unspecified atom stereocenters. The number of alkyl halides is 3. The lowest BCUT2D eigenvalue weighted by Crippen LogP contribution is -2.54. The van der Waals surface area contributed by atoms with Crippen LogP contribution in [0.3, 0.4) is 0 Å². The van der Waals surface area contributed by atoms with Gasteiger partial charge < -0.3 is 11.1 Å². The quantitative estimate of drug-likeness (QED) is 0.756. The van der Waals surface area contributed by atoms with Crippen LogP contribution in [0.25, 0.3) is 0 Å². The average Bonchev–Trinajstić information content (AvgIpc) is 2.82. The molecule has 3 nitrogen and oxygen atoms in total. The SMILES string of the molecule is CC(C)[C@H](N)C(=O)NC1(C(F)(F)F)CC1. The first kappa shape index (κ1) is 12.3. The number of halogens is 3. The highest BCUT2D eigenvalue weighted by Gasteiger charge is 2.64. The molecule has 0 saturated heterocycles. The van der Waals surface area contributed by atoms with Gasteiger partial charge in [-0.1, -0.05) is 13.8 Å². The minimum Gasteiger partial charge on any atom is -0.341 e. The molecule has 1 saturated carbocycles. The van der Waals surface area contributed by atoms with Gasteiger partial charge in [-0.3, -0.25) is 4.79 Å². The van der Waals surface area contributed by atoms with Gasteiger partial charge in [0.2, 0.25) is 5.91 Å². The fourth-order valence-electron chi connectivity index (χ4n) is 1.23. The molecule has 0 aliphatic heterocycles. The van der Waals surface area contributed by atoms with Gasteiger partial charge in [-0.15, -0.1) is 0 Å². The number of nitrogens with one attached hydrogen (secondary N) is 1. The number of amides is 1. The zero-order valence-corrected chi connectivity index (χ0v) is 8.69. The maximum Gasteiger partial charge on any atom is 0.411 e. The summed E-state index contributed by atoms with van der Waals surface area (Å²) in [5.41, 5.74) is 3.46. The summed E-state index contributed by atoms with van der Waals surface area (Å²) >= 11 is 0. The van der Waals surface area contributed by atoms with Crippen LogP contribution in [0.5, 0.6) is 0 Å². The highest BCUT2D eigenvalue weighted by molar-refractivity contribution is 5.83. The van der Waals surface area contributed by atoms with Crippen molar-refractivity contribution in [1.29, 1.82) is 0 Å². The van der Waals surface area contributed by atoms with Crippen molar-refractivity contribution in [3.63, 3.8) is 0 Å². The van der Waals surface area contributed by atoms with Crippen molar-refractivity contribution in [1.82, 2.24) is 5.32 Å². The molecular formula is C9H15F3N2O. The molecular weight excluding hydrogens is 209 g/mol. The molecule has 1 fully saturated rings. The fourth-order valence-corrected chi connectivity index (χ4v) is 1.23. The Morgan fingerprint density at radius 2 is 1.87 bits per heavy atom. The first-order chi connectivity index (χ1) is 6.69. The van der Waals surface area contributed by atoms with Crippen molar-refractivity contribution in [2.75, 3.05) is 0 Å². The number of hydrogen-bond donors (Lipinski definition) is 2. The number of carbonyl (C=O) groups is 1. The molecule has 0 radical (unpaired) electrons. The molecule has 1 aliphatic rings. The molecule has 6 heteroatoms. The lowest BCUT2D eigenvalue weighted by atomic mass is 10.0. The molecule has 0 aromatic heterocycles. The van der Waals surface area contributed by atoms with E-state index in [2.05, 4.69) is 0 Å². The van der Waals surface area contributed by atoms with Crippen LogP contribution in [0.2, 0.25) is 0 Å². The molecule has 1 aliphatic carbocycles. The topological polar surface area (TPSA) is 55.1 Å². The lowest BCUT2D eigenvalue weighted by Gasteiger charge is -2.23. The molecule has 0 bridgehead atoms. The van der Waals surface area contributed by atoms with Crippen molar-refractivity contribution < 1.29 is 18.0 Å². The summed E-state index contributed by atoms with van der Waals surface area (Å²) in [7, 11) is 0. The second kappa shape index (κ2) is 3.66. The van der Waals surface area contributed by atoms with E-state index in [4.69, 9.17) is 5.73 Å². The van der Waals surface area contributed by atoms with E-state index >= 15 is 0 Å². The highest BCUT2D eigenvalue weighted by Crippen LogP contribution is 2.48. The number of nitrogens with two attached hydrogens (primary N) is 1. The Hall–Kier alpha value is -0.780. The van der Waals surface area contributed by atoms with Crippen LogP contribution in [0.4, 0.5) is 13.2 Å². The van der Waals surface area contributed by atoms with Crippen molar-refractivity contribution in [3.05, 3.63) is 0 Å². The van der Waals surface area contributed by atoms with E-state index in [0.717, 1.165) is 0 Å². The summed E-state index contributed by atoms with van der Waals surface area (Å²) < 4.78 is 37.4. The van der Waals surface area contributed by atoms with Crippen molar-refractivity contribution >= 4 is 5.91 Å². The van der Waals surface area contributed by atoms with Gasteiger partial charge in [-0.2, -0.15) is 13.2 Å². The summed E-state index contributed by atoms with van der Waals surface area (Å²) in [6.07, 6.45) is -4.47. The van der Waals surface area contributed by atoms with E-state index in [0.29, 0.717) is 0 Å². The first-order valence-electron chi connectivity index (χ1n) is 4.84. The van der Waals surface area contributed by atoms with E-state index < -0.39 is 23.7 Å². The molecule has 1 atom stereocenters. The summed E-state index contributed by atoms with van der Waals surface area (Å²) in [6, 6.07) is -0.884. The van der Waals surface area contributed by atoms with Gasteiger partial charge in [0.15, 0.2) is 0 Å². The summed E-state index contributed by atoms with van der Waals surface area (Å²) in [5.74, 6) is -0.895. The molecule has 88 valence electrons. The van der Waals surface area contributed by atoms with Gasteiger partial charge in [0.25, 0.3) is 0 Å². The van der Waals surface area contributed by atoms with Crippen LogP contribution in [0.15, 0.2) is 0 Å². The minimum atomic E-state index is -4.38. The maximum absolute atomic E-state index is 12.5. The Kier molecular flexibility index (Phi) is 3.00. The minimum absolute atomic E-state index is 0.0486. The second-order valence-electron chi connectivity index (χ2n) is 4.34. The third kappa shape index (κ3) is 2.42. The van der Waals surface area contributed by atoms with Crippen LogP contribution < -0.4 is 11.1 Å². The van der Waals surface area contributed by atoms with Crippen molar-refractivity contribution in [2.45, 2.75) is 44.4 Å². The first-order valence-corrected chi connectivity index (χ1v) is 4.84. The van der Waals surface area contributed by atoms with E-state index in [1.54, 1.807) is 13.8 Å². The van der Waals surface area contributed by atoms with Gasteiger partial charge in [0.05, 0.1) is 6.04 Å². The molecule has 0 aromatic carbocycles. The van der Waals surface area contributed by atoms with Crippen LogP contribution in [-0.4, -0.2) is 23.7 Å². The number of carbonyl (C=O) groups excluding carboxylic acids is 1. The van der Waals surface area contributed by atoms with Crippen LogP contribution >= 0.6 is 0 Å². The van der Waals surface area contributed by atoms with Gasteiger partial charge in [0, 0.05) is 0 Å². The van der Waals surface area contributed by atoms with Crippen molar-refractivity contribution in [3.8, 4) is 0 Å². The standard InChI is InChI=1S/C9H15F3N2O/c1-5(2)6(13)7(15)14-8(3-4-8)9(10,11)12/h5-6H,3-4,13H2,1-2H3,(H,14,15)/t6-/m0/s1. The normalized spacial score (nSPS) is 21.3. The summed E-state index contributed by atoms with van der Waals surface area (Å²) in [4.78, 5) is 11.4. The largest absolute Gasteiger partial charge is 0.411 e. The average molecular weight is 224 g/mol. The van der Waals surface area contributed by atoms with Crippen LogP contribution in [0, 0.1) is 5.92 Å². The van der Waals surface area contributed by atoms with E-state index in [-0.39, 0.29) is 18.8 Å². The monoisotopic (exact) mass is 224 g/mol. The molecule has 1 amide bonds. The van der Waals surface area contributed by atoms with Gasteiger partial charge in [0.1, 0.15) is 5.54 Å². The van der Waals surface area contributed by atoms with E-state index in [1.807, 2.05) is 5.32 Å². The molecule has 3 N–H and O–H groups in total. The molecule has 0 spiro atoms. The lowest BCUT2D eigenvalue weighted by molar-refractivity contribution is -0.170. The van der Waals surface area contributed by atoms with Crippen LogP contribution in [-0.2, 0) is 4.79 Å². The Morgan fingerprint density at radius 1 is 1.40 bits per heavy atom. The second-order valence-corrected chi connectivity index (χ2v) is 4.34. The number of rotatable bonds is 3. The molecule has 0 heterocycles. The van der Waals surface area contributed by atoms with Crippen molar-refractivity contribution in [2.24, 2.45) is 11.7 Å². The molecule has 1 rings (SSSR count). The molecule has 0 aromatic rings. The Balaban J connectivity index is 2.60. The van der Waals surface area contributed by atoms with Gasteiger partial charge in [-0.05, 0) is 18.8 Å². The van der Waals surface area contributed by atoms with Crippen LogP contribution in [0.1, 0.15) is 26.7 Å². The van der Waals surface area contributed by atoms with Gasteiger partial charge >= 0.3 is 6.18 Å². The highest BCUT2D eigenvalue weighted by atomic mass is 19.4. The third-order valence-corrected chi connectivity index (χ3v) is 2.68. The van der Waals surface area contributed by atoms with Gasteiger partial charge in [-0.25, -0.2) is 0 Å². The van der Waals surface area contributed by atoms with E-state index in [9.17, 15) is 18.0 Å². The zero-order valence-electron chi connectivity index (χ0n) is 8.69. The number of hydrogen-bond acceptors (Lipinski definition) is 2. The molecule has 15 heavy (non-hydrogen) atoms. The third-order valence-electron chi connectivity index (χ3n) is 2.68. The predicted molar refractivity (Wildman–Crippen MR) is 49.0 cm³/mol.